The zero-order valence-corrected chi connectivity index (χ0v) is 12.9. The van der Waals surface area contributed by atoms with E-state index in [4.69, 9.17) is 16.3 Å². The Bertz CT molecular complexity index is 580. The van der Waals surface area contributed by atoms with Gasteiger partial charge >= 0.3 is 0 Å². The van der Waals surface area contributed by atoms with E-state index in [1.807, 2.05) is 29.8 Å². The van der Waals surface area contributed by atoms with Crippen molar-refractivity contribution in [2.24, 2.45) is 0 Å². The predicted octanol–water partition coefficient (Wildman–Crippen LogP) is 3.62. The minimum atomic E-state index is 0.613. The standard InChI is InChI=1S/C15H20ClN3O/c1-4-19-14(15(16)11(2)18-19)9-17-13-7-5-6-12(8-13)10-20-3/h5-8,17H,4,9-10H2,1-3H3. The number of nitrogens with zero attached hydrogens (tertiary/aromatic N) is 2. The largest absolute Gasteiger partial charge is 0.380 e. The van der Waals surface area contributed by atoms with Crippen molar-refractivity contribution in [3.8, 4) is 0 Å². The van der Waals surface area contributed by atoms with Crippen molar-refractivity contribution in [2.75, 3.05) is 12.4 Å². The van der Waals surface area contributed by atoms with E-state index in [-0.39, 0.29) is 0 Å². The molecule has 0 fully saturated rings. The zero-order valence-electron chi connectivity index (χ0n) is 12.1. The molecule has 5 heteroatoms. The summed E-state index contributed by atoms with van der Waals surface area (Å²) in [5.41, 5.74) is 4.09. The van der Waals surface area contributed by atoms with Crippen LogP contribution in [0.3, 0.4) is 0 Å². The van der Waals surface area contributed by atoms with Crippen LogP contribution in [0.1, 0.15) is 23.9 Å². The first-order valence-corrected chi connectivity index (χ1v) is 7.07. The molecule has 1 heterocycles. The number of aryl methyl sites for hydroxylation is 2. The van der Waals surface area contributed by atoms with Gasteiger partial charge in [-0.2, -0.15) is 5.10 Å². The SMILES string of the molecule is CCn1nc(C)c(Cl)c1CNc1cccc(COC)c1. The van der Waals surface area contributed by atoms with E-state index >= 15 is 0 Å². The number of benzene rings is 1. The molecule has 0 amide bonds. The van der Waals surface area contributed by atoms with Crippen LogP contribution < -0.4 is 5.32 Å². The lowest BCUT2D eigenvalue weighted by Gasteiger charge is -2.10. The number of methoxy groups -OCH3 is 1. The second-order valence-corrected chi connectivity index (χ2v) is 5.03. The fourth-order valence-corrected chi connectivity index (χ4v) is 2.36. The van der Waals surface area contributed by atoms with Crippen LogP contribution in [0.4, 0.5) is 5.69 Å². The third kappa shape index (κ3) is 3.32. The Morgan fingerprint density at radius 2 is 2.20 bits per heavy atom. The fraction of sp³-hybridized carbons (Fsp3) is 0.400. The van der Waals surface area contributed by atoms with Crippen molar-refractivity contribution in [3.63, 3.8) is 0 Å². The van der Waals surface area contributed by atoms with Gasteiger partial charge in [0.05, 0.1) is 29.6 Å². The van der Waals surface area contributed by atoms with Crippen LogP contribution in [0.15, 0.2) is 24.3 Å². The van der Waals surface area contributed by atoms with Crippen LogP contribution in [-0.4, -0.2) is 16.9 Å². The summed E-state index contributed by atoms with van der Waals surface area (Å²) in [5.74, 6) is 0. The molecule has 0 saturated heterocycles. The van der Waals surface area contributed by atoms with E-state index in [2.05, 4.69) is 23.4 Å². The zero-order chi connectivity index (χ0) is 14.5. The normalized spacial score (nSPS) is 10.8. The van der Waals surface area contributed by atoms with Gasteiger partial charge in [-0.25, -0.2) is 0 Å². The summed E-state index contributed by atoms with van der Waals surface area (Å²) in [7, 11) is 1.70. The van der Waals surface area contributed by atoms with Crippen LogP contribution >= 0.6 is 11.6 Å². The molecule has 0 saturated carbocycles. The summed E-state index contributed by atoms with van der Waals surface area (Å²) in [6.07, 6.45) is 0. The molecule has 0 bridgehead atoms. The number of aromatic nitrogens is 2. The van der Waals surface area contributed by atoms with Crippen LogP contribution in [0.5, 0.6) is 0 Å². The lowest BCUT2D eigenvalue weighted by atomic mass is 10.2. The molecule has 108 valence electrons. The van der Waals surface area contributed by atoms with E-state index in [0.717, 1.165) is 34.2 Å². The van der Waals surface area contributed by atoms with Gasteiger partial charge < -0.3 is 10.1 Å². The van der Waals surface area contributed by atoms with E-state index in [1.165, 1.54) is 0 Å². The van der Waals surface area contributed by atoms with Crippen molar-refractivity contribution in [1.29, 1.82) is 0 Å². The van der Waals surface area contributed by atoms with E-state index in [9.17, 15) is 0 Å². The Morgan fingerprint density at radius 3 is 2.90 bits per heavy atom. The Hall–Kier alpha value is -1.52. The maximum absolute atomic E-state index is 6.30. The molecule has 20 heavy (non-hydrogen) atoms. The molecule has 0 aliphatic carbocycles. The van der Waals surface area contributed by atoms with Crippen molar-refractivity contribution in [2.45, 2.75) is 33.5 Å². The molecule has 0 aliphatic rings. The number of hydrogen-bond donors (Lipinski definition) is 1. The molecule has 1 aromatic heterocycles. The van der Waals surface area contributed by atoms with E-state index in [0.29, 0.717) is 13.2 Å². The molecule has 4 nitrogen and oxygen atoms in total. The van der Waals surface area contributed by atoms with Crippen LogP contribution in [0.2, 0.25) is 5.02 Å². The highest BCUT2D eigenvalue weighted by molar-refractivity contribution is 6.31. The Balaban J connectivity index is 2.10. The monoisotopic (exact) mass is 293 g/mol. The minimum Gasteiger partial charge on any atom is -0.380 e. The van der Waals surface area contributed by atoms with Crippen LogP contribution in [-0.2, 0) is 24.4 Å². The molecule has 2 rings (SSSR count). The number of halogens is 1. The highest BCUT2D eigenvalue weighted by Crippen LogP contribution is 2.21. The lowest BCUT2D eigenvalue weighted by Crippen LogP contribution is -2.08. The molecule has 0 aliphatic heterocycles. The minimum absolute atomic E-state index is 0.613. The summed E-state index contributed by atoms with van der Waals surface area (Å²) in [6, 6.07) is 8.17. The summed E-state index contributed by atoms with van der Waals surface area (Å²) in [5, 5.41) is 8.54. The number of ether oxygens (including phenoxy) is 1. The molecule has 0 spiro atoms. The van der Waals surface area contributed by atoms with E-state index < -0.39 is 0 Å². The Labute approximate surface area is 124 Å². The summed E-state index contributed by atoms with van der Waals surface area (Å²) < 4.78 is 7.08. The second-order valence-electron chi connectivity index (χ2n) is 4.65. The number of nitrogens with one attached hydrogen (secondary N) is 1. The van der Waals surface area contributed by atoms with Crippen molar-refractivity contribution in [3.05, 3.63) is 46.2 Å². The summed E-state index contributed by atoms with van der Waals surface area (Å²) >= 11 is 6.30. The summed E-state index contributed by atoms with van der Waals surface area (Å²) in [4.78, 5) is 0. The first-order valence-electron chi connectivity index (χ1n) is 6.69. The maximum Gasteiger partial charge on any atom is 0.0865 e. The van der Waals surface area contributed by atoms with Gasteiger partial charge in [0.15, 0.2) is 0 Å². The van der Waals surface area contributed by atoms with Crippen molar-refractivity contribution < 1.29 is 4.74 Å². The number of anilines is 1. The molecule has 0 atom stereocenters. The molecule has 1 aromatic carbocycles. The van der Waals surface area contributed by atoms with Gasteiger partial charge in [-0.3, -0.25) is 4.68 Å². The highest BCUT2D eigenvalue weighted by atomic mass is 35.5. The van der Waals surface area contributed by atoms with Crippen LogP contribution in [0.25, 0.3) is 0 Å². The Kier molecular flexibility index (Phi) is 5.04. The fourth-order valence-electron chi connectivity index (χ4n) is 2.16. The third-order valence-electron chi connectivity index (χ3n) is 3.15. The van der Waals surface area contributed by atoms with Gasteiger partial charge in [0.2, 0.25) is 0 Å². The first kappa shape index (κ1) is 14.9. The van der Waals surface area contributed by atoms with Gasteiger partial charge in [-0.05, 0) is 31.5 Å². The predicted molar refractivity (Wildman–Crippen MR) is 82.1 cm³/mol. The van der Waals surface area contributed by atoms with Crippen LogP contribution in [0, 0.1) is 6.92 Å². The molecular weight excluding hydrogens is 274 g/mol. The summed E-state index contributed by atoms with van der Waals surface area (Å²) in [6.45, 7) is 6.07. The number of rotatable bonds is 6. The Morgan fingerprint density at radius 1 is 1.40 bits per heavy atom. The smallest absolute Gasteiger partial charge is 0.0865 e. The topological polar surface area (TPSA) is 39.1 Å². The molecular formula is C15H20ClN3O. The molecule has 0 radical (unpaired) electrons. The first-order chi connectivity index (χ1) is 9.65. The quantitative estimate of drug-likeness (QED) is 0.884. The van der Waals surface area contributed by atoms with Crippen molar-refractivity contribution in [1.82, 2.24) is 9.78 Å². The molecule has 1 N–H and O–H groups in total. The van der Waals surface area contributed by atoms with Gasteiger partial charge in [0, 0.05) is 19.3 Å². The molecule has 0 unspecified atom stereocenters. The van der Waals surface area contributed by atoms with E-state index in [1.54, 1.807) is 7.11 Å². The second kappa shape index (κ2) is 6.77. The average molecular weight is 294 g/mol. The lowest BCUT2D eigenvalue weighted by molar-refractivity contribution is 0.185. The van der Waals surface area contributed by atoms with Gasteiger partial charge in [0.1, 0.15) is 0 Å². The highest BCUT2D eigenvalue weighted by Gasteiger charge is 2.11. The average Bonchev–Trinajstić information content (AvgIpc) is 2.73. The van der Waals surface area contributed by atoms with Crippen molar-refractivity contribution >= 4 is 17.3 Å². The molecule has 2 aromatic rings. The maximum atomic E-state index is 6.30. The number of hydrogen-bond acceptors (Lipinski definition) is 3. The third-order valence-corrected chi connectivity index (χ3v) is 3.64. The van der Waals surface area contributed by atoms with Gasteiger partial charge in [0.25, 0.3) is 0 Å². The van der Waals surface area contributed by atoms with Gasteiger partial charge in [-0.1, -0.05) is 23.7 Å². The van der Waals surface area contributed by atoms with Gasteiger partial charge in [-0.15, -0.1) is 0 Å².